The summed E-state index contributed by atoms with van der Waals surface area (Å²) in [4.78, 5) is 0. The summed E-state index contributed by atoms with van der Waals surface area (Å²) in [5, 5.41) is 1.02. The van der Waals surface area contributed by atoms with E-state index in [0.29, 0.717) is 22.0 Å². The molecule has 4 heteroatoms. The molecule has 0 aromatic heterocycles. The van der Waals surface area contributed by atoms with Crippen molar-refractivity contribution in [1.82, 2.24) is 0 Å². The molecule has 2 aromatic carbocycles. The monoisotopic (exact) mass is 297 g/mol. The van der Waals surface area contributed by atoms with Crippen LogP contribution in [0.25, 0.3) is 0 Å². The Bertz CT molecular complexity index is 599. The van der Waals surface area contributed by atoms with Gasteiger partial charge < -0.3 is 5.73 Å². The van der Waals surface area contributed by atoms with E-state index in [1.54, 1.807) is 13.0 Å². The van der Waals surface area contributed by atoms with Gasteiger partial charge in [0, 0.05) is 16.1 Å². The van der Waals surface area contributed by atoms with Crippen LogP contribution >= 0.6 is 23.2 Å². The number of aryl methyl sites for hydroxylation is 1. The number of halogens is 3. The highest BCUT2D eigenvalue weighted by Crippen LogP contribution is 2.28. The summed E-state index contributed by atoms with van der Waals surface area (Å²) in [6.07, 6.45) is 0.560. The van der Waals surface area contributed by atoms with Gasteiger partial charge in [0.2, 0.25) is 0 Å². The van der Waals surface area contributed by atoms with Crippen molar-refractivity contribution >= 4 is 23.2 Å². The van der Waals surface area contributed by atoms with E-state index in [1.807, 2.05) is 24.3 Å². The van der Waals surface area contributed by atoms with Gasteiger partial charge in [-0.05, 0) is 42.2 Å². The van der Waals surface area contributed by atoms with Crippen LogP contribution in [0.5, 0.6) is 0 Å². The lowest BCUT2D eigenvalue weighted by atomic mass is 9.98. The average Bonchev–Trinajstić information content (AvgIpc) is 2.36. The van der Waals surface area contributed by atoms with Gasteiger partial charge in [0.15, 0.2) is 0 Å². The van der Waals surface area contributed by atoms with E-state index < -0.39 is 0 Å². The molecule has 0 aliphatic carbocycles. The fraction of sp³-hybridized carbons (Fsp3) is 0.200. The van der Waals surface area contributed by atoms with Gasteiger partial charge in [-0.2, -0.15) is 0 Å². The standard InChI is InChI=1S/C15H14Cl2FN/c1-9-6-11(13(17)8-14(9)18)15(19)7-10-4-2-3-5-12(10)16/h2-6,8,15H,7,19H2,1H3. The molecule has 100 valence electrons. The van der Waals surface area contributed by atoms with Gasteiger partial charge in [0.1, 0.15) is 5.82 Å². The van der Waals surface area contributed by atoms with Gasteiger partial charge >= 0.3 is 0 Å². The maximum Gasteiger partial charge on any atom is 0.127 e. The van der Waals surface area contributed by atoms with Gasteiger partial charge in [-0.3, -0.25) is 0 Å². The average molecular weight is 298 g/mol. The van der Waals surface area contributed by atoms with Crippen LogP contribution in [0.2, 0.25) is 10.0 Å². The Labute approximate surface area is 122 Å². The highest BCUT2D eigenvalue weighted by atomic mass is 35.5. The van der Waals surface area contributed by atoms with Crippen LogP contribution in [0, 0.1) is 12.7 Å². The Kier molecular flexibility index (Phi) is 4.46. The molecule has 0 saturated carbocycles. The van der Waals surface area contributed by atoms with Crippen molar-refractivity contribution in [2.75, 3.05) is 0 Å². The second-order valence-electron chi connectivity index (χ2n) is 4.52. The second kappa shape index (κ2) is 5.91. The third kappa shape index (κ3) is 3.27. The SMILES string of the molecule is Cc1cc(C(N)Cc2ccccc2Cl)c(Cl)cc1F. The molecule has 0 bridgehead atoms. The van der Waals surface area contributed by atoms with Gasteiger partial charge in [-0.1, -0.05) is 47.5 Å². The van der Waals surface area contributed by atoms with Gasteiger partial charge in [0.25, 0.3) is 0 Å². The smallest absolute Gasteiger partial charge is 0.127 e. The van der Waals surface area contributed by atoms with E-state index in [2.05, 4.69) is 0 Å². The molecule has 2 rings (SSSR count). The van der Waals surface area contributed by atoms with Gasteiger partial charge in [0.05, 0.1) is 0 Å². The summed E-state index contributed by atoms with van der Waals surface area (Å²) in [7, 11) is 0. The van der Waals surface area contributed by atoms with Crippen LogP contribution in [-0.4, -0.2) is 0 Å². The zero-order chi connectivity index (χ0) is 14.0. The zero-order valence-corrected chi connectivity index (χ0v) is 12.0. The normalized spacial score (nSPS) is 12.5. The maximum atomic E-state index is 13.4. The van der Waals surface area contributed by atoms with Crippen LogP contribution in [0.15, 0.2) is 36.4 Å². The fourth-order valence-corrected chi connectivity index (χ4v) is 2.48. The molecule has 0 saturated heterocycles. The van der Waals surface area contributed by atoms with E-state index in [-0.39, 0.29) is 11.9 Å². The van der Waals surface area contributed by atoms with Crippen molar-refractivity contribution in [3.05, 3.63) is 69.0 Å². The first-order valence-electron chi connectivity index (χ1n) is 5.93. The molecule has 0 radical (unpaired) electrons. The Hall–Kier alpha value is -1.09. The quantitative estimate of drug-likeness (QED) is 0.874. The van der Waals surface area contributed by atoms with E-state index in [1.165, 1.54) is 6.07 Å². The molecule has 0 spiro atoms. The maximum absolute atomic E-state index is 13.4. The van der Waals surface area contributed by atoms with Crippen LogP contribution in [-0.2, 0) is 6.42 Å². The van der Waals surface area contributed by atoms with Crippen molar-refractivity contribution in [3.63, 3.8) is 0 Å². The molecule has 1 atom stereocenters. The minimum Gasteiger partial charge on any atom is -0.324 e. The number of benzene rings is 2. The minimum absolute atomic E-state index is 0.313. The highest BCUT2D eigenvalue weighted by molar-refractivity contribution is 6.31. The lowest BCUT2D eigenvalue weighted by Gasteiger charge is -2.16. The number of hydrogen-bond donors (Lipinski definition) is 1. The number of nitrogens with two attached hydrogens (primary N) is 1. The topological polar surface area (TPSA) is 26.0 Å². The molecule has 1 nitrogen and oxygen atoms in total. The predicted molar refractivity (Wildman–Crippen MR) is 78.2 cm³/mol. The van der Waals surface area contributed by atoms with Crippen LogP contribution in [0.3, 0.4) is 0 Å². The van der Waals surface area contributed by atoms with Crippen LogP contribution in [0.1, 0.15) is 22.7 Å². The molecule has 0 fully saturated rings. The summed E-state index contributed by atoms with van der Waals surface area (Å²) in [5.41, 5.74) is 8.38. The second-order valence-corrected chi connectivity index (χ2v) is 5.34. The first-order valence-corrected chi connectivity index (χ1v) is 6.69. The fourth-order valence-electron chi connectivity index (χ4n) is 1.97. The lowest BCUT2D eigenvalue weighted by Crippen LogP contribution is -2.14. The molecular weight excluding hydrogens is 284 g/mol. The molecule has 19 heavy (non-hydrogen) atoms. The first kappa shape index (κ1) is 14.3. The predicted octanol–water partition coefficient (Wildman–Crippen LogP) is 4.68. The number of hydrogen-bond acceptors (Lipinski definition) is 1. The van der Waals surface area contributed by atoms with E-state index in [0.717, 1.165) is 11.1 Å². The highest BCUT2D eigenvalue weighted by Gasteiger charge is 2.14. The van der Waals surface area contributed by atoms with E-state index in [4.69, 9.17) is 28.9 Å². The largest absolute Gasteiger partial charge is 0.324 e. The van der Waals surface area contributed by atoms with Gasteiger partial charge in [-0.15, -0.1) is 0 Å². The number of rotatable bonds is 3. The summed E-state index contributed by atoms with van der Waals surface area (Å²) < 4.78 is 13.4. The molecule has 2 N–H and O–H groups in total. The molecule has 1 unspecified atom stereocenters. The van der Waals surface area contributed by atoms with Crippen LogP contribution in [0.4, 0.5) is 4.39 Å². The van der Waals surface area contributed by atoms with Crippen molar-refractivity contribution in [2.24, 2.45) is 5.73 Å². The Morgan fingerprint density at radius 3 is 2.53 bits per heavy atom. The first-order chi connectivity index (χ1) is 8.99. The van der Waals surface area contributed by atoms with Crippen molar-refractivity contribution in [3.8, 4) is 0 Å². The molecule has 0 amide bonds. The molecular formula is C15H14Cl2FN. The summed E-state index contributed by atoms with van der Waals surface area (Å²) in [6.45, 7) is 1.69. The minimum atomic E-state index is -0.321. The zero-order valence-electron chi connectivity index (χ0n) is 10.5. The summed E-state index contributed by atoms with van der Waals surface area (Å²) >= 11 is 12.2. The van der Waals surface area contributed by atoms with E-state index in [9.17, 15) is 4.39 Å². The Morgan fingerprint density at radius 2 is 1.84 bits per heavy atom. The van der Waals surface area contributed by atoms with Gasteiger partial charge in [-0.25, -0.2) is 4.39 Å². The van der Waals surface area contributed by atoms with Crippen molar-refractivity contribution in [2.45, 2.75) is 19.4 Å². The van der Waals surface area contributed by atoms with E-state index >= 15 is 0 Å². The lowest BCUT2D eigenvalue weighted by molar-refractivity contribution is 0.615. The van der Waals surface area contributed by atoms with Crippen molar-refractivity contribution < 1.29 is 4.39 Å². The van der Waals surface area contributed by atoms with Crippen LogP contribution < -0.4 is 5.73 Å². The molecule has 0 aliphatic rings. The Balaban J connectivity index is 2.28. The third-order valence-electron chi connectivity index (χ3n) is 3.08. The molecule has 2 aromatic rings. The Morgan fingerprint density at radius 1 is 1.16 bits per heavy atom. The molecule has 0 heterocycles. The third-order valence-corrected chi connectivity index (χ3v) is 3.77. The summed E-state index contributed by atoms with van der Waals surface area (Å²) in [5.74, 6) is -0.321. The molecule has 0 aliphatic heterocycles. The summed E-state index contributed by atoms with van der Waals surface area (Å²) in [6, 6.07) is 10.2. The van der Waals surface area contributed by atoms with Crippen molar-refractivity contribution in [1.29, 1.82) is 0 Å².